The van der Waals surface area contributed by atoms with Gasteiger partial charge in [-0.15, -0.1) is 0 Å². The third-order valence-electron chi connectivity index (χ3n) is 1.65. The summed E-state index contributed by atoms with van der Waals surface area (Å²) in [6.07, 6.45) is 0. The van der Waals surface area contributed by atoms with Crippen molar-refractivity contribution in [2.75, 3.05) is 18.8 Å². The molecule has 0 aliphatic rings. The van der Waals surface area contributed by atoms with Crippen molar-refractivity contribution < 1.29 is 12.8 Å². The topological polar surface area (TPSA) is 49.4 Å². The molecule has 0 aromatic heterocycles. The molecule has 0 atom stereocenters. The molecule has 0 aliphatic carbocycles. The minimum absolute atomic E-state index is 0.131. The van der Waals surface area contributed by atoms with Crippen LogP contribution in [-0.2, 0) is 10.2 Å². The Kier molecular flexibility index (Phi) is 3.54. The Balaban J connectivity index is 2.96. The second-order valence-electron chi connectivity index (χ2n) is 3.02. The normalized spacial score (nSPS) is 11.8. The molecule has 7 heteroatoms. The highest BCUT2D eigenvalue weighted by Crippen LogP contribution is 2.20. The van der Waals surface area contributed by atoms with E-state index in [4.69, 9.17) is 11.6 Å². The van der Waals surface area contributed by atoms with E-state index >= 15 is 0 Å². The Morgan fingerprint density at radius 2 is 2.00 bits per heavy atom. The first-order valence-corrected chi connectivity index (χ1v) is 5.80. The molecule has 0 aliphatic heterocycles. The maximum absolute atomic E-state index is 12.8. The molecule has 0 bridgehead atoms. The van der Waals surface area contributed by atoms with E-state index < -0.39 is 16.0 Å². The summed E-state index contributed by atoms with van der Waals surface area (Å²) in [5, 5.41) is -0.131. The fourth-order valence-corrected chi connectivity index (χ4v) is 1.59. The largest absolute Gasteiger partial charge is 0.301 e. The van der Waals surface area contributed by atoms with Crippen LogP contribution in [0.5, 0.6) is 0 Å². The zero-order valence-corrected chi connectivity index (χ0v) is 9.73. The lowest BCUT2D eigenvalue weighted by Gasteiger charge is -2.13. The van der Waals surface area contributed by atoms with Crippen molar-refractivity contribution in [3.05, 3.63) is 29.0 Å². The smallest absolute Gasteiger partial charge is 0.271 e. The van der Waals surface area contributed by atoms with Gasteiger partial charge in [-0.3, -0.25) is 4.72 Å². The number of benzene rings is 1. The molecule has 0 saturated carbocycles. The van der Waals surface area contributed by atoms with Gasteiger partial charge < -0.3 is 0 Å². The van der Waals surface area contributed by atoms with Crippen molar-refractivity contribution in [3.8, 4) is 0 Å². The van der Waals surface area contributed by atoms with Crippen molar-refractivity contribution in [1.82, 2.24) is 4.31 Å². The molecule has 1 rings (SSSR count). The monoisotopic (exact) mass is 252 g/mol. The number of anilines is 1. The maximum Gasteiger partial charge on any atom is 0.301 e. The van der Waals surface area contributed by atoms with Crippen LogP contribution in [0.4, 0.5) is 10.1 Å². The molecule has 0 spiro atoms. The van der Waals surface area contributed by atoms with Crippen LogP contribution in [0.25, 0.3) is 0 Å². The van der Waals surface area contributed by atoms with Crippen molar-refractivity contribution in [2.24, 2.45) is 0 Å². The first-order chi connectivity index (χ1) is 6.83. The van der Waals surface area contributed by atoms with Gasteiger partial charge in [0.25, 0.3) is 0 Å². The summed E-state index contributed by atoms with van der Waals surface area (Å²) >= 11 is 5.50. The standard InChI is InChI=1S/C8H10ClFN2O2S/c1-12(2)15(13,14)11-6-3-4-8(10)7(9)5-6/h3-5,11H,1-2H3. The molecule has 0 saturated heterocycles. The lowest BCUT2D eigenvalue weighted by atomic mass is 10.3. The summed E-state index contributed by atoms with van der Waals surface area (Å²) in [6.45, 7) is 0. The van der Waals surface area contributed by atoms with E-state index in [1.165, 1.54) is 26.2 Å². The molecule has 1 N–H and O–H groups in total. The molecule has 0 radical (unpaired) electrons. The third kappa shape index (κ3) is 3.05. The van der Waals surface area contributed by atoms with Crippen LogP contribution in [0.3, 0.4) is 0 Å². The molecule has 84 valence electrons. The van der Waals surface area contributed by atoms with Crippen LogP contribution in [0.2, 0.25) is 5.02 Å². The summed E-state index contributed by atoms with van der Waals surface area (Å²) in [6, 6.07) is 3.59. The Morgan fingerprint density at radius 3 is 2.47 bits per heavy atom. The highest BCUT2D eigenvalue weighted by molar-refractivity contribution is 7.90. The summed E-state index contributed by atoms with van der Waals surface area (Å²) in [5.74, 6) is -0.593. The fraction of sp³-hybridized carbons (Fsp3) is 0.250. The summed E-state index contributed by atoms with van der Waals surface area (Å²) in [5.41, 5.74) is 0.218. The summed E-state index contributed by atoms with van der Waals surface area (Å²) in [4.78, 5) is 0. The van der Waals surface area contributed by atoms with E-state index in [1.807, 2.05) is 0 Å². The Morgan fingerprint density at radius 1 is 1.40 bits per heavy atom. The molecular weight excluding hydrogens is 243 g/mol. The molecule has 0 fully saturated rings. The molecule has 4 nitrogen and oxygen atoms in total. The molecule has 0 heterocycles. The van der Waals surface area contributed by atoms with E-state index in [9.17, 15) is 12.8 Å². The van der Waals surface area contributed by atoms with Gasteiger partial charge in [0.05, 0.1) is 10.7 Å². The minimum atomic E-state index is -3.58. The number of hydrogen-bond donors (Lipinski definition) is 1. The second kappa shape index (κ2) is 4.34. The molecule has 0 unspecified atom stereocenters. The average molecular weight is 253 g/mol. The SMILES string of the molecule is CN(C)S(=O)(=O)Nc1ccc(F)c(Cl)c1. The third-order valence-corrected chi connectivity index (χ3v) is 3.39. The van der Waals surface area contributed by atoms with Crippen LogP contribution in [0.15, 0.2) is 18.2 Å². The Labute approximate surface area is 92.8 Å². The van der Waals surface area contributed by atoms with Crippen LogP contribution in [0, 0.1) is 5.82 Å². The predicted molar refractivity (Wildman–Crippen MR) is 57.6 cm³/mol. The van der Waals surface area contributed by atoms with E-state index in [1.54, 1.807) is 0 Å². The van der Waals surface area contributed by atoms with Gasteiger partial charge >= 0.3 is 10.2 Å². The van der Waals surface area contributed by atoms with Crippen LogP contribution in [-0.4, -0.2) is 26.8 Å². The molecular formula is C8H10ClFN2O2S. The lowest BCUT2D eigenvalue weighted by molar-refractivity contribution is 0.527. The van der Waals surface area contributed by atoms with Gasteiger partial charge in [0.15, 0.2) is 0 Å². The second-order valence-corrected chi connectivity index (χ2v) is 5.31. The van der Waals surface area contributed by atoms with Crippen molar-refractivity contribution in [2.45, 2.75) is 0 Å². The quantitative estimate of drug-likeness (QED) is 0.890. The molecule has 0 amide bonds. The minimum Gasteiger partial charge on any atom is -0.271 e. The zero-order valence-electron chi connectivity index (χ0n) is 8.16. The Bertz CT molecular complexity index is 462. The number of halogens is 2. The van der Waals surface area contributed by atoms with Gasteiger partial charge in [0, 0.05) is 14.1 Å². The fourth-order valence-electron chi connectivity index (χ4n) is 0.800. The van der Waals surface area contributed by atoms with Gasteiger partial charge in [-0.1, -0.05) is 11.6 Å². The lowest BCUT2D eigenvalue weighted by Crippen LogP contribution is -2.28. The van der Waals surface area contributed by atoms with Gasteiger partial charge in [-0.2, -0.15) is 12.7 Å². The van der Waals surface area contributed by atoms with E-state index in [-0.39, 0.29) is 10.7 Å². The van der Waals surface area contributed by atoms with Gasteiger partial charge in [-0.05, 0) is 18.2 Å². The van der Waals surface area contributed by atoms with Gasteiger partial charge in [0.1, 0.15) is 5.82 Å². The summed E-state index contributed by atoms with van der Waals surface area (Å²) < 4.78 is 38.8. The van der Waals surface area contributed by atoms with E-state index in [2.05, 4.69) is 4.72 Å². The number of rotatable bonds is 3. The highest BCUT2D eigenvalue weighted by Gasteiger charge is 2.13. The van der Waals surface area contributed by atoms with Crippen LogP contribution in [0.1, 0.15) is 0 Å². The first-order valence-electron chi connectivity index (χ1n) is 3.98. The molecule has 1 aromatic rings. The van der Waals surface area contributed by atoms with E-state index in [0.29, 0.717) is 0 Å². The van der Waals surface area contributed by atoms with Crippen molar-refractivity contribution >= 4 is 27.5 Å². The van der Waals surface area contributed by atoms with Crippen molar-refractivity contribution in [1.29, 1.82) is 0 Å². The van der Waals surface area contributed by atoms with Crippen molar-refractivity contribution in [3.63, 3.8) is 0 Å². The first kappa shape index (κ1) is 12.2. The van der Waals surface area contributed by atoms with Gasteiger partial charge in [-0.25, -0.2) is 4.39 Å². The predicted octanol–water partition coefficient (Wildman–Crippen LogP) is 1.70. The van der Waals surface area contributed by atoms with Crippen LogP contribution < -0.4 is 4.72 Å². The zero-order chi connectivity index (χ0) is 11.6. The molecule has 1 aromatic carbocycles. The summed E-state index contributed by atoms with van der Waals surface area (Å²) in [7, 11) is -0.814. The van der Waals surface area contributed by atoms with Crippen LogP contribution >= 0.6 is 11.6 Å². The Hall–Kier alpha value is -0.850. The van der Waals surface area contributed by atoms with E-state index in [0.717, 1.165) is 10.4 Å². The van der Waals surface area contributed by atoms with Gasteiger partial charge in [0.2, 0.25) is 0 Å². The molecule has 15 heavy (non-hydrogen) atoms. The number of nitrogens with one attached hydrogen (secondary N) is 1. The highest BCUT2D eigenvalue weighted by atomic mass is 35.5. The number of nitrogens with zero attached hydrogens (tertiary/aromatic N) is 1. The maximum atomic E-state index is 12.8. The number of hydrogen-bond acceptors (Lipinski definition) is 2. The average Bonchev–Trinajstić information content (AvgIpc) is 2.10.